The number of sulfonamides is 1. The van der Waals surface area contributed by atoms with Crippen molar-refractivity contribution in [3.8, 4) is 5.69 Å². The average molecular weight is 398 g/mol. The van der Waals surface area contributed by atoms with Gasteiger partial charge in [0.25, 0.3) is 10.0 Å². The van der Waals surface area contributed by atoms with Crippen molar-refractivity contribution in [3.63, 3.8) is 0 Å². The zero-order chi connectivity index (χ0) is 19.1. The first-order valence-electron chi connectivity index (χ1n) is 7.49. The normalized spacial score (nSPS) is 11.6. The van der Waals surface area contributed by atoms with Crippen molar-refractivity contribution in [1.82, 2.24) is 9.78 Å². The highest BCUT2D eigenvalue weighted by Gasteiger charge is 2.25. The molecule has 3 rings (SSSR count). The Morgan fingerprint density at radius 2 is 1.69 bits per heavy atom. The van der Waals surface area contributed by atoms with E-state index in [4.69, 9.17) is 11.6 Å². The summed E-state index contributed by atoms with van der Waals surface area (Å²) < 4.78 is 55.6. The number of rotatable bonds is 4. The molecule has 5 nitrogen and oxygen atoms in total. The SMILES string of the molecule is Cc1nn(-c2ccc(Cl)cc2)c(C)c1S(=O)(=O)Nc1ccc(F)c(F)c1. The van der Waals surface area contributed by atoms with Crippen LogP contribution in [-0.2, 0) is 10.0 Å². The highest BCUT2D eigenvalue weighted by molar-refractivity contribution is 7.92. The van der Waals surface area contributed by atoms with Crippen molar-refractivity contribution >= 4 is 27.3 Å². The topological polar surface area (TPSA) is 64.0 Å². The van der Waals surface area contributed by atoms with Crippen molar-refractivity contribution in [2.75, 3.05) is 4.72 Å². The van der Waals surface area contributed by atoms with Crippen molar-refractivity contribution in [2.45, 2.75) is 18.7 Å². The van der Waals surface area contributed by atoms with E-state index < -0.39 is 21.7 Å². The summed E-state index contributed by atoms with van der Waals surface area (Å²) in [4.78, 5) is -0.0304. The van der Waals surface area contributed by atoms with Gasteiger partial charge in [0.05, 0.1) is 22.8 Å². The Morgan fingerprint density at radius 1 is 1.04 bits per heavy atom. The summed E-state index contributed by atoms with van der Waals surface area (Å²) in [5.41, 5.74) is 1.21. The fourth-order valence-electron chi connectivity index (χ4n) is 2.62. The van der Waals surface area contributed by atoms with Gasteiger partial charge in [0.2, 0.25) is 0 Å². The molecule has 0 atom stereocenters. The summed E-state index contributed by atoms with van der Waals surface area (Å²) in [6, 6.07) is 9.53. The first-order chi connectivity index (χ1) is 12.2. The Morgan fingerprint density at radius 3 is 2.31 bits per heavy atom. The predicted molar refractivity (Wildman–Crippen MR) is 95.2 cm³/mol. The zero-order valence-corrected chi connectivity index (χ0v) is 15.4. The number of aromatic nitrogens is 2. The maximum absolute atomic E-state index is 13.3. The predicted octanol–water partition coefficient (Wildman–Crippen LogP) is 4.22. The monoisotopic (exact) mass is 397 g/mol. The molecule has 0 aliphatic rings. The fourth-order valence-corrected chi connectivity index (χ4v) is 4.19. The van der Waals surface area contributed by atoms with Gasteiger partial charge in [-0.25, -0.2) is 21.9 Å². The number of aryl methyl sites for hydroxylation is 1. The van der Waals surface area contributed by atoms with Gasteiger partial charge in [0.15, 0.2) is 11.6 Å². The Hall–Kier alpha value is -2.45. The lowest BCUT2D eigenvalue weighted by molar-refractivity contribution is 0.509. The van der Waals surface area contributed by atoms with E-state index in [-0.39, 0.29) is 16.3 Å². The molecule has 0 aliphatic heterocycles. The highest BCUT2D eigenvalue weighted by Crippen LogP contribution is 2.26. The minimum absolute atomic E-state index is 0.0304. The van der Waals surface area contributed by atoms with Crippen LogP contribution >= 0.6 is 11.6 Å². The molecule has 1 N–H and O–H groups in total. The first kappa shape index (κ1) is 18.3. The molecule has 0 spiro atoms. The van der Waals surface area contributed by atoms with Gasteiger partial charge in [0.1, 0.15) is 4.90 Å². The van der Waals surface area contributed by atoms with Gasteiger partial charge in [-0.1, -0.05) is 11.6 Å². The largest absolute Gasteiger partial charge is 0.279 e. The number of anilines is 1. The number of hydrogen-bond acceptors (Lipinski definition) is 3. The van der Waals surface area contributed by atoms with Crippen LogP contribution in [0.25, 0.3) is 5.69 Å². The Labute approximate surface area is 154 Å². The zero-order valence-electron chi connectivity index (χ0n) is 13.8. The third-order valence-electron chi connectivity index (χ3n) is 3.74. The molecule has 9 heteroatoms. The van der Waals surface area contributed by atoms with Gasteiger partial charge in [-0.3, -0.25) is 4.72 Å². The molecule has 0 amide bonds. The van der Waals surface area contributed by atoms with E-state index in [9.17, 15) is 17.2 Å². The molecular weight excluding hydrogens is 384 g/mol. The van der Waals surface area contributed by atoms with E-state index in [1.54, 1.807) is 38.1 Å². The van der Waals surface area contributed by atoms with Crippen LogP contribution in [0.2, 0.25) is 5.02 Å². The van der Waals surface area contributed by atoms with Crippen molar-refractivity contribution in [1.29, 1.82) is 0 Å². The summed E-state index contributed by atoms with van der Waals surface area (Å²) in [6.07, 6.45) is 0. The van der Waals surface area contributed by atoms with Gasteiger partial charge in [-0.15, -0.1) is 0 Å². The number of hydrogen-bond donors (Lipinski definition) is 1. The van der Waals surface area contributed by atoms with Crippen molar-refractivity contribution in [3.05, 3.63) is 70.5 Å². The van der Waals surface area contributed by atoms with Crippen LogP contribution in [0.4, 0.5) is 14.5 Å². The fraction of sp³-hybridized carbons (Fsp3) is 0.118. The second-order valence-corrected chi connectivity index (χ2v) is 7.68. The van der Waals surface area contributed by atoms with Crippen LogP contribution < -0.4 is 4.72 Å². The number of nitrogens with one attached hydrogen (secondary N) is 1. The molecule has 26 heavy (non-hydrogen) atoms. The highest BCUT2D eigenvalue weighted by atomic mass is 35.5. The van der Waals surface area contributed by atoms with Crippen LogP contribution in [0.5, 0.6) is 0 Å². The summed E-state index contributed by atoms with van der Waals surface area (Å²) in [7, 11) is -4.05. The van der Waals surface area contributed by atoms with Gasteiger partial charge >= 0.3 is 0 Å². The molecular formula is C17H14ClF2N3O2S. The van der Waals surface area contributed by atoms with Gasteiger partial charge in [-0.2, -0.15) is 5.10 Å². The maximum atomic E-state index is 13.3. The molecule has 0 bridgehead atoms. The minimum Gasteiger partial charge on any atom is -0.279 e. The lowest BCUT2D eigenvalue weighted by atomic mass is 10.3. The van der Waals surface area contributed by atoms with E-state index in [1.165, 1.54) is 4.68 Å². The van der Waals surface area contributed by atoms with Crippen LogP contribution in [-0.4, -0.2) is 18.2 Å². The molecule has 0 radical (unpaired) electrons. The lowest BCUT2D eigenvalue weighted by Crippen LogP contribution is -2.15. The quantitative estimate of drug-likeness (QED) is 0.716. The van der Waals surface area contributed by atoms with Gasteiger partial charge < -0.3 is 0 Å². The summed E-state index contributed by atoms with van der Waals surface area (Å²) >= 11 is 5.87. The number of benzene rings is 2. The number of halogens is 3. The molecule has 1 heterocycles. The second-order valence-electron chi connectivity index (χ2n) is 5.62. The van der Waals surface area contributed by atoms with E-state index in [1.807, 2.05) is 0 Å². The maximum Gasteiger partial charge on any atom is 0.265 e. The van der Waals surface area contributed by atoms with Crippen LogP contribution in [0.1, 0.15) is 11.4 Å². The third-order valence-corrected chi connectivity index (χ3v) is 5.62. The molecule has 0 aliphatic carbocycles. The van der Waals surface area contributed by atoms with E-state index in [0.717, 1.165) is 18.2 Å². The molecule has 0 fully saturated rings. The molecule has 1 aromatic heterocycles. The van der Waals surface area contributed by atoms with E-state index >= 15 is 0 Å². The average Bonchev–Trinajstić information content (AvgIpc) is 2.87. The second kappa shape index (κ2) is 6.69. The van der Waals surface area contributed by atoms with E-state index in [0.29, 0.717) is 16.4 Å². The van der Waals surface area contributed by atoms with Crippen LogP contribution in [0.3, 0.4) is 0 Å². The smallest absolute Gasteiger partial charge is 0.265 e. The Bertz CT molecular complexity index is 1080. The lowest BCUT2D eigenvalue weighted by Gasteiger charge is -2.09. The Balaban J connectivity index is 2.02. The van der Waals surface area contributed by atoms with Gasteiger partial charge in [-0.05, 0) is 50.2 Å². The molecule has 0 saturated carbocycles. The van der Waals surface area contributed by atoms with E-state index in [2.05, 4.69) is 9.82 Å². The number of nitrogens with zero attached hydrogens (tertiary/aromatic N) is 2. The summed E-state index contributed by atoms with van der Waals surface area (Å²) in [5, 5.41) is 4.81. The molecule has 3 aromatic rings. The first-order valence-corrected chi connectivity index (χ1v) is 9.35. The van der Waals surface area contributed by atoms with Crippen LogP contribution in [0.15, 0.2) is 47.4 Å². The standard InChI is InChI=1S/C17H14ClF2N3O2S/c1-10-17(11(2)23(21-10)14-6-3-12(18)4-7-14)26(24,25)22-13-5-8-15(19)16(20)9-13/h3-9,22H,1-2H3. The minimum atomic E-state index is -4.05. The Kier molecular flexibility index (Phi) is 4.72. The molecule has 136 valence electrons. The van der Waals surface area contributed by atoms with Crippen LogP contribution in [0, 0.1) is 25.5 Å². The molecule has 2 aromatic carbocycles. The molecule has 0 unspecified atom stereocenters. The summed E-state index contributed by atoms with van der Waals surface area (Å²) in [5.74, 6) is -2.20. The third kappa shape index (κ3) is 3.42. The van der Waals surface area contributed by atoms with Crippen molar-refractivity contribution in [2.24, 2.45) is 0 Å². The molecule has 0 saturated heterocycles. The van der Waals surface area contributed by atoms with Gasteiger partial charge in [0, 0.05) is 11.1 Å². The van der Waals surface area contributed by atoms with Crippen molar-refractivity contribution < 1.29 is 17.2 Å². The summed E-state index contributed by atoms with van der Waals surface area (Å²) in [6.45, 7) is 3.16.